The summed E-state index contributed by atoms with van der Waals surface area (Å²) in [5.41, 5.74) is 0.901. The molecule has 0 heterocycles. The Balaban J connectivity index is 2.46. The Labute approximate surface area is 206 Å². The largest absolute Gasteiger partial charge is 0.497 e. The van der Waals surface area contributed by atoms with Gasteiger partial charge in [-0.05, 0) is 43.7 Å². The maximum Gasteiger partial charge on any atom is 0.244 e. The molecule has 0 aliphatic rings. The fraction of sp³-hybridized carbons (Fsp3) is 0.417. The predicted molar refractivity (Wildman–Crippen MR) is 133 cm³/mol. The van der Waals surface area contributed by atoms with Crippen LogP contribution in [0.3, 0.4) is 0 Å². The molecule has 2 rings (SSSR count). The van der Waals surface area contributed by atoms with Gasteiger partial charge in [-0.3, -0.25) is 13.9 Å². The topological polar surface area (TPSA) is 114 Å². The lowest BCUT2D eigenvalue weighted by atomic mass is 10.1. The number of hydrogen-bond donors (Lipinski definition) is 1. The smallest absolute Gasteiger partial charge is 0.244 e. The molecule has 2 aromatic rings. The van der Waals surface area contributed by atoms with Gasteiger partial charge >= 0.3 is 0 Å². The highest BCUT2D eigenvalue weighted by molar-refractivity contribution is 7.92. The fourth-order valence-electron chi connectivity index (χ4n) is 3.42. The lowest BCUT2D eigenvalue weighted by Crippen LogP contribution is -2.51. The number of rotatable bonds is 12. The van der Waals surface area contributed by atoms with Crippen molar-refractivity contribution in [3.05, 3.63) is 48.0 Å². The number of sulfonamides is 1. The summed E-state index contributed by atoms with van der Waals surface area (Å²) in [6, 6.07) is 10.9. The zero-order valence-corrected chi connectivity index (χ0v) is 21.7. The van der Waals surface area contributed by atoms with E-state index in [4.69, 9.17) is 14.2 Å². The molecule has 0 radical (unpaired) electrons. The zero-order chi connectivity index (χ0) is 26.2. The third kappa shape index (κ3) is 7.25. The van der Waals surface area contributed by atoms with Gasteiger partial charge in [0.15, 0.2) is 0 Å². The number of hydrogen-bond acceptors (Lipinski definition) is 7. The molecule has 192 valence electrons. The van der Waals surface area contributed by atoms with Crippen molar-refractivity contribution in [3.8, 4) is 17.2 Å². The predicted octanol–water partition coefficient (Wildman–Crippen LogP) is 2.03. The molecule has 0 unspecified atom stereocenters. The summed E-state index contributed by atoms with van der Waals surface area (Å²) >= 11 is 0. The van der Waals surface area contributed by atoms with Crippen LogP contribution in [-0.2, 0) is 26.2 Å². The van der Waals surface area contributed by atoms with Crippen LogP contribution in [-0.4, -0.2) is 71.8 Å². The summed E-state index contributed by atoms with van der Waals surface area (Å²) in [4.78, 5) is 27.5. The molecule has 0 bridgehead atoms. The molecule has 0 aromatic heterocycles. The first-order chi connectivity index (χ1) is 16.5. The number of carbonyl (C=O) groups excluding carboxylic acids is 2. The summed E-state index contributed by atoms with van der Waals surface area (Å²) in [6.07, 6.45) is 1.00. The van der Waals surface area contributed by atoms with E-state index in [0.29, 0.717) is 18.0 Å². The van der Waals surface area contributed by atoms with Crippen LogP contribution in [0.2, 0.25) is 0 Å². The van der Waals surface area contributed by atoms with E-state index in [1.54, 1.807) is 57.4 Å². The van der Waals surface area contributed by atoms with Gasteiger partial charge in [0.25, 0.3) is 0 Å². The van der Waals surface area contributed by atoms with Gasteiger partial charge in [-0.1, -0.05) is 12.1 Å². The Morgan fingerprint density at radius 3 is 2.09 bits per heavy atom. The minimum Gasteiger partial charge on any atom is -0.497 e. The van der Waals surface area contributed by atoms with E-state index in [2.05, 4.69) is 5.32 Å². The van der Waals surface area contributed by atoms with Gasteiger partial charge < -0.3 is 24.4 Å². The van der Waals surface area contributed by atoms with Crippen molar-refractivity contribution < 1.29 is 32.2 Å². The van der Waals surface area contributed by atoms with Crippen LogP contribution in [0, 0.1) is 0 Å². The van der Waals surface area contributed by atoms with Crippen molar-refractivity contribution in [3.63, 3.8) is 0 Å². The average Bonchev–Trinajstić information content (AvgIpc) is 2.84. The molecule has 0 aliphatic carbocycles. The maximum atomic E-state index is 13.5. The van der Waals surface area contributed by atoms with Crippen LogP contribution in [0.15, 0.2) is 42.5 Å². The standard InChI is InChI=1S/C24H33N3O7S/c1-7-25-24(29)17(2)26(15-18-8-10-19(32-3)11-9-18)23(28)16-27(35(6,30)31)21-14-20(33-4)12-13-22(21)34-5/h8-14,17H,7,15-16H2,1-6H3,(H,25,29)/t17-/m1/s1. The van der Waals surface area contributed by atoms with Crippen LogP contribution in [0.1, 0.15) is 19.4 Å². The minimum absolute atomic E-state index is 0.0912. The van der Waals surface area contributed by atoms with Crippen molar-refractivity contribution in [2.24, 2.45) is 0 Å². The number of nitrogens with zero attached hydrogens (tertiary/aromatic N) is 2. The van der Waals surface area contributed by atoms with E-state index in [1.165, 1.54) is 25.2 Å². The molecule has 1 N–H and O–H groups in total. The van der Waals surface area contributed by atoms with E-state index in [0.717, 1.165) is 16.1 Å². The Bertz CT molecular complexity index is 1120. The summed E-state index contributed by atoms with van der Waals surface area (Å²) in [5.74, 6) is 0.390. The quantitative estimate of drug-likeness (QED) is 0.468. The second-order valence-electron chi connectivity index (χ2n) is 7.75. The molecule has 0 spiro atoms. The number of amides is 2. The van der Waals surface area contributed by atoms with Crippen molar-refractivity contribution in [1.29, 1.82) is 0 Å². The van der Waals surface area contributed by atoms with Crippen molar-refractivity contribution in [2.75, 3.05) is 45.0 Å². The number of nitrogens with one attached hydrogen (secondary N) is 1. The van der Waals surface area contributed by atoms with E-state index in [1.807, 2.05) is 0 Å². The molecule has 0 saturated heterocycles. The molecule has 2 amide bonds. The van der Waals surface area contributed by atoms with Crippen LogP contribution in [0.4, 0.5) is 5.69 Å². The van der Waals surface area contributed by atoms with Gasteiger partial charge in [-0.25, -0.2) is 8.42 Å². The summed E-state index contributed by atoms with van der Waals surface area (Å²) in [6.45, 7) is 3.32. The Morgan fingerprint density at radius 2 is 1.57 bits per heavy atom. The number of likely N-dealkylation sites (N-methyl/N-ethyl adjacent to an activating group) is 1. The molecular formula is C24H33N3O7S. The van der Waals surface area contributed by atoms with Crippen molar-refractivity contribution >= 4 is 27.5 Å². The van der Waals surface area contributed by atoms with Crippen molar-refractivity contribution in [2.45, 2.75) is 26.4 Å². The van der Waals surface area contributed by atoms with E-state index < -0.39 is 28.5 Å². The van der Waals surface area contributed by atoms with Crippen LogP contribution < -0.4 is 23.8 Å². The Hall–Kier alpha value is -3.47. The van der Waals surface area contributed by atoms with Gasteiger partial charge in [0.2, 0.25) is 21.8 Å². The molecule has 0 saturated carbocycles. The molecule has 1 atom stereocenters. The molecule has 0 fully saturated rings. The molecule has 35 heavy (non-hydrogen) atoms. The van der Waals surface area contributed by atoms with Crippen LogP contribution in [0.5, 0.6) is 17.2 Å². The highest BCUT2D eigenvalue weighted by Crippen LogP contribution is 2.34. The Kier molecular flexibility index (Phi) is 9.76. The monoisotopic (exact) mass is 507 g/mol. The van der Waals surface area contributed by atoms with Gasteiger partial charge in [-0.15, -0.1) is 0 Å². The lowest BCUT2D eigenvalue weighted by molar-refractivity contribution is -0.139. The first-order valence-electron chi connectivity index (χ1n) is 11.0. The number of carbonyl (C=O) groups is 2. The first-order valence-corrected chi connectivity index (χ1v) is 12.8. The van der Waals surface area contributed by atoms with E-state index in [-0.39, 0.29) is 23.9 Å². The van der Waals surface area contributed by atoms with Gasteiger partial charge in [0.05, 0.1) is 33.3 Å². The van der Waals surface area contributed by atoms with Crippen LogP contribution in [0.25, 0.3) is 0 Å². The highest BCUT2D eigenvalue weighted by Gasteiger charge is 2.31. The number of methoxy groups -OCH3 is 3. The third-order valence-corrected chi connectivity index (χ3v) is 6.49. The SMILES string of the molecule is CCNC(=O)[C@@H](C)N(Cc1ccc(OC)cc1)C(=O)CN(c1cc(OC)ccc1OC)S(C)(=O)=O. The van der Waals surface area contributed by atoms with Crippen LogP contribution >= 0.6 is 0 Å². The molecular weight excluding hydrogens is 474 g/mol. The normalized spacial score (nSPS) is 11.8. The maximum absolute atomic E-state index is 13.5. The molecule has 0 aliphatic heterocycles. The second-order valence-corrected chi connectivity index (χ2v) is 9.65. The van der Waals surface area contributed by atoms with E-state index >= 15 is 0 Å². The van der Waals surface area contributed by atoms with Crippen molar-refractivity contribution in [1.82, 2.24) is 10.2 Å². The summed E-state index contributed by atoms with van der Waals surface area (Å²) < 4.78 is 42.2. The van der Waals surface area contributed by atoms with Gasteiger partial charge in [0, 0.05) is 19.2 Å². The summed E-state index contributed by atoms with van der Waals surface area (Å²) in [5, 5.41) is 2.71. The first kappa shape index (κ1) is 27.8. The number of benzene rings is 2. The average molecular weight is 508 g/mol. The molecule has 11 heteroatoms. The second kappa shape index (κ2) is 12.3. The third-order valence-electron chi connectivity index (χ3n) is 5.36. The van der Waals surface area contributed by atoms with Gasteiger partial charge in [0.1, 0.15) is 29.8 Å². The highest BCUT2D eigenvalue weighted by atomic mass is 32.2. The number of ether oxygens (including phenoxy) is 3. The Morgan fingerprint density at radius 1 is 0.971 bits per heavy atom. The molecule has 10 nitrogen and oxygen atoms in total. The van der Waals surface area contributed by atoms with Gasteiger partial charge in [-0.2, -0.15) is 0 Å². The zero-order valence-electron chi connectivity index (χ0n) is 20.9. The molecule has 2 aromatic carbocycles. The minimum atomic E-state index is -3.91. The summed E-state index contributed by atoms with van der Waals surface area (Å²) in [7, 11) is 0.495. The number of anilines is 1. The lowest BCUT2D eigenvalue weighted by Gasteiger charge is -2.31. The van der Waals surface area contributed by atoms with E-state index in [9.17, 15) is 18.0 Å². The fourth-order valence-corrected chi connectivity index (χ4v) is 4.26.